The fourth-order valence-electron chi connectivity index (χ4n) is 2.76. The van der Waals surface area contributed by atoms with Crippen molar-refractivity contribution in [3.8, 4) is 0 Å². The first-order chi connectivity index (χ1) is 9.74. The van der Waals surface area contributed by atoms with E-state index >= 15 is 0 Å². The van der Waals surface area contributed by atoms with Gasteiger partial charge < -0.3 is 0 Å². The normalized spacial score (nSPS) is 24.6. The molecule has 2 atom stereocenters. The van der Waals surface area contributed by atoms with Gasteiger partial charge in [-0.15, -0.1) is 5.10 Å². The van der Waals surface area contributed by atoms with E-state index in [1.54, 1.807) is 4.68 Å². The molecule has 0 spiro atoms. The second-order valence-corrected chi connectivity index (χ2v) is 5.51. The van der Waals surface area contributed by atoms with E-state index in [1.807, 2.05) is 30.3 Å². The van der Waals surface area contributed by atoms with Crippen LogP contribution in [0.3, 0.4) is 0 Å². The molecule has 5 heteroatoms. The fraction of sp³-hybridized carbons (Fsp3) is 0.400. The van der Waals surface area contributed by atoms with Crippen molar-refractivity contribution in [1.29, 1.82) is 0 Å². The number of aromatic nitrogens is 3. The molecule has 2 aromatic rings. The number of Topliss-reactive ketones (excluding diaryl/α,β-unsaturated/α-hetero) is 1. The summed E-state index contributed by atoms with van der Waals surface area (Å²) < 4.78 is 15.7. The van der Waals surface area contributed by atoms with Crippen LogP contribution >= 0.6 is 0 Å². The van der Waals surface area contributed by atoms with Gasteiger partial charge in [-0.1, -0.05) is 30.3 Å². The summed E-state index contributed by atoms with van der Waals surface area (Å²) in [5.41, 5.74) is 1.00. The summed E-state index contributed by atoms with van der Waals surface area (Å²) in [4.78, 5) is 16.1. The van der Waals surface area contributed by atoms with Gasteiger partial charge in [-0.25, -0.2) is 14.1 Å². The summed E-state index contributed by atoms with van der Waals surface area (Å²) in [5.74, 6) is 0.505. The molecule has 1 aliphatic heterocycles. The minimum Gasteiger partial charge on any atom is -0.290 e. The van der Waals surface area contributed by atoms with Gasteiger partial charge in [0.05, 0.1) is 6.04 Å². The number of benzene rings is 1. The van der Waals surface area contributed by atoms with Crippen molar-refractivity contribution in [3.05, 3.63) is 47.5 Å². The van der Waals surface area contributed by atoms with Gasteiger partial charge in [0.2, 0.25) is 11.6 Å². The molecular weight excluding hydrogens is 257 g/mol. The van der Waals surface area contributed by atoms with Gasteiger partial charge in [0, 0.05) is 12.3 Å². The lowest BCUT2D eigenvalue weighted by atomic mass is 10.0. The number of nitrogens with zero attached hydrogens (tertiary/aromatic N) is 3. The zero-order valence-corrected chi connectivity index (χ0v) is 10.9. The van der Waals surface area contributed by atoms with Gasteiger partial charge in [0.1, 0.15) is 0 Å². The van der Waals surface area contributed by atoms with Crippen LogP contribution in [0.5, 0.6) is 0 Å². The smallest absolute Gasteiger partial charge is 0.217 e. The molecule has 0 N–H and O–H groups in total. The summed E-state index contributed by atoms with van der Waals surface area (Å²) in [6, 6.07) is 9.53. The van der Waals surface area contributed by atoms with Gasteiger partial charge in [0.15, 0.2) is 12.0 Å². The fourth-order valence-corrected chi connectivity index (χ4v) is 2.76. The maximum absolute atomic E-state index is 14.1. The summed E-state index contributed by atoms with van der Waals surface area (Å²) in [5, 5.41) is 4.28. The van der Waals surface area contributed by atoms with Crippen LogP contribution in [0, 0.1) is 5.92 Å². The highest BCUT2D eigenvalue weighted by Crippen LogP contribution is 2.40. The molecule has 0 saturated heterocycles. The van der Waals surface area contributed by atoms with E-state index in [4.69, 9.17) is 0 Å². The lowest BCUT2D eigenvalue weighted by Crippen LogP contribution is -2.10. The molecule has 0 radical (unpaired) electrons. The predicted molar refractivity (Wildman–Crippen MR) is 70.1 cm³/mol. The molecule has 102 valence electrons. The predicted octanol–water partition coefficient (Wildman–Crippen LogP) is 2.87. The molecule has 1 fully saturated rings. The molecule has 2 heterocycles. The highest BCUT2D eigenvalue weighted by molar-refractivity contribution is 5.95. The summed E-state index contributed by atoms with van der Waals surface area (Å²) in [7, 11) is 0. The third-order valence-corrected chi connectivity index (χ3v) is 4.02. The molecule has 0 amide bonds. The van der Waals surface area contributed by atoms with Crippen molar-refractivity contribution >= 4 is 5.78 Å². The lowest BCUT2D eigenvalue weighted by molar-refractivity contribution is 0.0956. The number of carbonyl (C=O) groups is 1. The van der Waals surface area contributed by atoms with Crippen molar-refractivity contribution in [2.75, 3.05) is 0 Å². The first kappa shape index (κ1) is 11.8. The summed E-state index contributed by atoms with van der Waals surface area (Å²) in [6.07, 6.45) is 1.01. The Morgan fingerprint density at radius 3 is 2.70 bits per heavy atom. The first-order valence-electron chi connectivity index (χ1n) is 6.93. The van der Waals surface area contributed by atoms with Crippen LogP contribution in [-0.2, 0) is 0 Å². The van der Waals surface area contributed by atoms with Crippen LogP contribution in [0.1, 0.15) is 53.5 Å². The molecule has 4 nitrogen and oxygen atoms in total. The van der Waals surface area contributed by atoms with E-state index in [2.05, 4.69) is 10.1 Å². The van der Waals surface area contributed by atoms with Crippen LogP contribution in [0.2, 0.25) is 0 Å². The maximum Gasteiger partial charge on any atom is 0.217 e. The zero-order chi connectivity index (χ0) is 13.7. The standard InChI is InChI=1S/C15H14FN3O/c16-11-8-12(9-4-2-1-3-5-9)19-15(11)17-14(18-19)13(20)10-6-7-10/h1-5,10-12H,6-8H2/t11-,12-/m0/s1. The second-order valence-electron chi connectivity index (χ2n) is 5.51. The molecule has 1 aromatic heterocycles. The zero-order valence-electron chi connectivity index (χ0n) is 10.9. The number of ketones is 1. The lowest BCUT2D eigenvalue weighted by Gasteiger charge is -2.11. The van der Waals surface area contributed by atoms with Crippen LogP contribution in [0.25, 0.3) is 0 Å². The van der Waals surface area contributed by atoms with Gasteiger partial charge in [0.25, 0.3) is 0 Å². The number of rotatable bonds is 3. The van der Waals surface area contributed by atoms with E-state index < -0.39 is 6.17 Å². The van der Waals surface area contributed by atoms with Gasteiger partial charge in [-0.3, -0.25) is 4.79 Å². The van der Waals surface area contributed by atoms with E-state index in [1.165, 1.54) is 0 Å². The topological polar surface area (TPSA) is 47.8 Å². The number of hydrogen-bond donors (Lipinski definition) is 0. The molecule has 0 unspecified atom stereocenters. The SMILES string of the molecule is O=C(c1nc2n(n1)[C@H](c1ccccc1)C[C@@H]2F)C1CC1. The second kappa shape index (κ2) is 4.23. The van der Waals surface area contributed by atoms with E-state index in [0.29, 0.717) is 12.2 Å². The minimum absolute atomic E-state index is 0.0362. The molecule has 20 heavy (non-hydrogen) atoms. The van der Waals surface area contributed by atoms with E-state index in [9.17, 15) is 9.18 Å². The third-order valence-electron chi connectivity index (χ3n) is 4.02. The van der Waals surface area contributed by atoms with Crippen LogP contribution in [0.15, 0.2) is 30.3 Å². The molecule has 1 saturated carbocycles. The largest absolute Gasteiger partial charge is 0.290 e. The number of alkyl halides is 1. The Hall–Kier alpha value is -2.04. The van der Waals surface area contributed by atoms with Crippen molar-refractivity contribution in [2.24, 2.45) is 5.92 Å². The monoisotopic (exact) mass is 271 g/mol. The third kappa shape index (κ3) is 1.77. The van der Waals surface area contributed by atoms with Crippen LogP contribution < -0.4 is 0 Å². The Bertz CT molecular complexity index is 663. The van der Waals surface area contributed by atoms with Crippen molar-refractivity contribution in [1.82, 2.24) is 14.8 Å². The molecule has 1 aromatic carbocycles. The number of fused-ring (bicyclic) bond motifs is 1. The van der Waals surface area contributed by atoms with Crippen molar-refractivity contribution in [3.63, 3.8) is 0 Å². The van der Waals surface area contributed by atoms with E-state index in [0.717, 1.165) is 18.4 Å². The highest BCUT2D eigenvalue weighted by Gasteiger charge is 2.39. The Kier molecular flexibility index (Phi) is 2.49. The Labute approximate surface area is 115 Å². The number of halogens is 1. The first-order valence-corrected chi connectivity index (χ1v) is 6.93. The van der Waals surface area contributed by atoms with Gasteiger partial charge in [-0.2, -0.15) is 0 Å². The molecule has 4 rings (SSSR count). The number of carbonyl (C=O) groups excluding carboxylic acids is 1. The Morgan fingerprint density at radius 1 is 1.25 bits per heavy atom. The van der Waals surface area contributed by atoms with Gasteiger partial charge >= 0.3 is 0 Å². The highest BCUT2D eigenvalue weighted by atomic mass is 19.1. The number of hydrogen-bond acceptors (Lipinski definition) is 3. The van der Waals surface area contributed by atoms with Crippen LogP contribution in [-0.4, -0.2) is 20.5 Å². The van der Waals surface area contributed by atoms with Gasteiger partial charge in [-0.05, 0) is 18.4 Å². The average molecular weight is 271 g/mol. The van der Waals surface area contributed by atoms with Crippen LogP contribution in [0.4, 0.5) is 4.39 Å². The molecular formula is C15H14FN3O. The summed E-state index contributed by atoms with van der Waals surface area (Å²) in [6.45, 7) is 0. The van der Waals surface area contributed by atoms with Crippen molar-refractivity contribution in [2.45, 2.75) is 31.5 Å². The molecule has 1 aliphatic carbocycles. The Balaban J connectivity index is 1.72. The van der Waals surface area contributed by atoms with Crippen molar-refractivity contribution < 1.29 is 9.18 Å². The average Bonchev–Trinajstić information content (AvgIpc) is 3.15. The van der Waals surface area contributed by atoms with E-state index in [-0.39, 0.29) is 23.6 Å². The summed E-state index contributed by atoms with van der Waals surface area (Å²) >= 11 is 0. The maximum atomic E-state index is 14.1. The Morgan fingerprint density at radius 2 is 2.00 bits per heavy atom. The molecule has 2 aliphatic rings. The minimum atomic E-state index is -1.14. The quantitative estimate of drug-likeness (QED) is 0.806. The molecule has 0 bridgehead atoms.